The third kappa shape index (κ3) is 2.91. The minimum atomic E-state index is -4.19. The van der Waals surface area contributed by atoms with E-state index in [0.717, 1.165) is 12.8 Å². The fourth-order valence-corrected chi connectivity index (χ4v) is 1.12. The SMILES string of the molecule is O=CC(CC(F)(F)F)C1CC1. The Labute approximate surface area is 62.6 Å². The van der Waals surface area contributed by atoms with Crippen LogP contribution in [0.25, 0.3) is 0 Å². The molecular formula is C7H9F3O. The molecule has 4 heteroatoms. The van der Waals surface area contributed by atoms with Gasteiger partial charge in [0.2, 0.25) is 0 Å². The number of hydrogen-bond acceptors (Lipinski definition) is 1. The molecule has 0 N–H and O–H groups in total. The summed E-state index contributed by atoms with van der Waals surface area (Å²) in [7, 11) is 0. The van der Waals surface area contributed by atoms with Gasteiger partial charge in [-0.25, -0.2) is 0 Å². The fraction of sp³-hybridized carbons (Fsp3) is 0.857. The lowest BCUT2D eigenvalue weighted by molar-refractivity contribution is -0.150. The third-order valence-corrected chi connectivity index (χ3v) is 1.87. The van der Waals surface area contributed by atoms with E-state index < -0.39 is 18.5 Å². The van der Waals surface area contributed by atoms with Crippen molar-refractivity contribution in [3.63, 3.8) is 0 Å². The molecule has 0 spiro atoms. The van der Waals surface area contributed by atoms with Crippen LogP contribution in [-0.4, -0.2) is 12.5 Å². The van der Waals surface area contributed by atoms with Gasteiger partial charge in [0.25, 0.3) is 0 Å². The lowest BCUT2D eigenvalue weighted by Crippen LogP contribution is -2.17. The average molecular weight is 166 g/mol. The average Bonchev–Trinajstić information content (AvgIpc) is 2.61. The van der Waals surface area contributed by atoms with E-state index in [1.807, 2.05) is 0 Å². The number of hydrogen-bond donors (Lipinski definition) is 0. The maximum atomic E-state index is 11.7. The second kappa shape index (κ2) is 2.83. The van der Waals surface area contributed by atoms with Gasteiger partial charge in [-0.05, 0) is 18.8 Å². The molecule has 0 aromatic rings. The summed E-state index contributed by atoms with van der Waals surface area (Å²) in [6.07, 6.45) is -3.14. The van der Waals surface area contributed by atoms with Gasteiger partial charge in [0.15, 0.2) is 0 Å². The number of alkyl halides is 3. The zero-order valence-corrected chi connectivity index (χ0v) is 5.90. The normalized spacial score (nSPS) is 21.4. The van der Waals surface area contributed by atoms with Crippen molar-refractivity contribution < 1.29 is 18.0 Å². The van der Waals surface area contributed by atoms with Crippen molar-refractivity contribution in [2.45, 2.75) is 25.4 Å². The molecule has 1 rings (SSSR count). The molecule has 1 aliphatic carbocycles. The van der Waals surface area contributed by atoms with Crippen molar-refractivity contribution in [3.05, 3.63) is 0 Å². The molecule has 0 saturated heterocycles. The van der Waals surface area contributed by atoms with E-state index >= 15 is 0 Å². The fourth-order valence-electron chi connectivity index (χ4n) is 1.12. The molecule has 64 valence electrons. The zero-order chi connectivity index (χ0) is 8.48. The van der Waals surface area contributed by atoms with Crippen LogP contribution >= 0.6 is 0 Å². The van der Waals surface area contributed by atoms with Gasteiger partial charge in [-0.3, -0.25) is 0 Å². The number of carbonyl (C=O) groups is 1. The van der Waals surface area contributed by atoms with Crippen LogP contribution in [0.5, 0.6) is 0 Å². The monoisotopic (exact) mass is 166 g/mol. The Hall–Kier alpha value is -0.540. The van der Waals surface area contributed by atoms with Crippen molar-refractivity contribution in [2.24, 2.45) is 11.8 Å². The molecular weight excluding hydrogens is 157 g/mol. The number of halogens is 3. The summed E-state index contributed by atoms with van der Waals surface area (Å²) >= 11 is 0. The van der Waals surface area contributed by atoms with Gasteiger partial charge in [-0.15, -0.1) is 0 Å². The lowest BCUT2D eigenvalue weighted by atomic mass is 10.0. The highest BCUT2D eigenvalue weighted by molar-refractivity contribution is 5.54. The first-order valence-electron chi connectivity index (χ1n) is 3.55. The van der Waals surface area contributed by atoms with E-state index in [-0.39, 0.29) is 5.92 Å². The summed E-state index contributed by atoms with van der Waals surface area (Å²) < 4.78 is 35.2. The first kappa shape index (κ1) is 8.56. The summed E-state index contributed by atoms with van der Waals surface area (Å²) in [5.41, 5.74) is 0. The van der Waals surface area contributed by atoms with E-state index in [4.69, 9.17) is 0 Å². The highest BCUT2D eigenvalue weighted by atomic mass is 19.4. The van der Waals surface area contributed by atoms with Gasteiger partial charge >= 0.3 is 6.18 Å². The summed E-state index contributed by atoms with van der Waals surface area (Å²) in [6, 6.07) is 0. The molecule has 0 amide bonds. The van der Waals surface area contributed by atoms with Gasteiger partial charge in [-0.1, -0.05) is 0 Å². The molecule has 0 aromatic heterocycles. The second-order valence-electron chi connectivity index (χ2n) is 2.96. The van der Waals surface area contributed by atoms with Crippen LogP contribution in [0.15, 0.2) is 0 Å². The Bertz CT molecular complexity index is 148. The van der Waals surface area contributed by atoms with Gasteiger partial charge < -0.3 is 4.79 Å². The molecule has 0 aromatic carbocycles. The van der Waals surface area contributed by atoms with Crippen LogP contribution in [0.3, 0.4) is 0 Å². The van der Waals surface area contributed by atoms with Crippen LogP contribution in [0.2, 0.25) is 0 Å². The van der Waals surface area contributed by atoms with E-state index in [2.05, 4.69) is 0 Å². The first-order chi connectivity index (χ1) is 5.03. The maximum Gasteiger partial charge on any atom is 0.389 e. The summed E-state index contributed by atoms with van der Waals surface area (Å²) in [6.45, 7) is 0. The van der Waals surface area contributed by atoms with Crippen LogP contribution in [0.4, 0.5) is 13.2 Å². The first-order valence-corrected chi connectivity index (χ1v) is 3.55. The number of rotatable bonds is 3. The van der Waals surface area contributed by atoms with Gasteiger partial charge in [0.05, 0.1) is 6.42 Å². The van der Waals surface area contributed by atoms with Crippen molar-refractivity contribution in [3.8, 4) is 0 Å². The molecule has 0 heterocycles. The standard InChI is InChI=1S/C7H9F3O/c8-7(9,10)3-6(4-11)5-1-2-5/h4-6H,1-3H2. The Balaban J connectivity index is 2.37. The van der Waals surface area contributed by atoms with Crippen LogP contribution in [-0.2, 0) is 4.79 Å². The van der Waals surface area contributed by atoms with Crippen LogP contribution in [0, 0.1) is 11.8 Å². The number of aldehydes is 1. The van der Waals surface area contributed by atoms with Gasteiger partial charge in [-0.2, -0.15) is 13.2 Å². The second-order valence-corrected chi connectivity index (χ2v) is 2.96. The predicted molar refractivity (Wildman–Crippen MR) is 32.9 cm³/mol. The van der Waals surface area contributed by atoms with E-state index in [1.165, 1.54) is 0 Å². The number of carbonyl (C=O) groups excluding carboxylic acids is 1. The zero-order valence-electron chi connectivity index (χ0n) is 5.90. The third-order valence-electron chi connectivity index (χ3n) is 1.87. The summed E-state index contributed by atoms with van der Waals surface area (Å²) in [5.74, 6) is -0.774. The Morgan fingerprint density at radius 1 is 1.45 bits per heavy atom. The highest BCUT2D eigenvalue weighted by Gasteiger charge is 2.39. The smallest absolute Gasteiger partial charge is 0.303 e. The largest absolute Gasteiger partial charge is 0.389 e. The van der Waals surface area contributed by atoms with E-state index in [0.29, 0.717) is 6.29 Å². The van der Waals surface area contributed by atoms with Crippen molar-refractivity contribution >= 4 is 6.29 Å². The molecule has 1 fully saturated rings. The molecule has 1 unspecified atom stereocenters. The van der Waals surface area contributed by atoms with Crippen LogP contribution in [0.1, 0.15) is 19.3 Å². The molecule has 1 atom stereocenters. The van der Waals surface area contributed by atoms with Gasteiger partial charge in [0, 0.05) is 5.92 Å². The minimum absolute atomic E-state index is 0.00845. The minimum Gasteiger partial charge on any atom is -0.303 e. The molecule has 1 aliphatic rings. The van der Waals surface area contributed by atoms with Crippen molar-refractivity contribution in [1.82, 2.24) is 0 Å². The van der Waals surface area contributed by atoms with Crippen LogP contribution < -0.4 is 0 Å². The predicted octanol–water partition coefficient (Wildman–Crippen LogP) is 2.16. The Morgan fingerprint density at radius 2 is 2.00 bits per heavy atom. The van der Waals surface area contributed by atoms with Gasteiger partial charge in [0.1, 0.15) is 6.29 Å². The maximum absolute atomic E-state index is 11.7. The molecule has 1 saturated carbocycles. The molecule has 0 aliphatic heterocycles. The highest BCUT2D eigenvalue weighted by Crippen LogP contribution is 2.40. The summed E-state index contributed by atoms with van der Waals surface area (Å²) in [5, 5.41) is 0. The summed E-state index contributed by atoms with van der Waals surface area (Å²) in [4.78, 5) is 10.2. The molecule has 0 radical (unpaired) electrons. The Kier molecular flexibility index (Phi) is 2.20. The topological polar surface area (TPSA) is 17.1 Å². The quantitative estimate of drug-likeness (QED) is 0.587. The molecule has 0 bridgehead atoms. The molecule has 11 heavy (non-hydrogen) atoms. The molecule has 1 nitrogen and oxygen atoms in total. The van der Waals surface area contributed by atoms with Crippen molar-refractivity contribution in [1.29, 1.82) is 0 Å². The van der Waals surface area contributed by atoms with Crippen molar-refractivity contribution in [2.75, 3.05) is 0 Å². The Morgan fingerprint density at radius 3 is 2.27 bits per heavy atom. The lowest BCUT2D eigenvalue weighted by Gasteiger charge is -2.10. The van der Waals surface area contributed by atoms with E-state index in [9.17, 15) is 18.0 Å². The van der Waals surface area contributed by atoms with E-state index in [1.54, 1.807) is 0 Å².